The maximum absolute atomic E-state index is 12.3. The maximum Gasteiger partial charge on any atom is 0.309 e. The first-order valence-corrected chi connectivity index (χ1v) is 6.94. The van der Waals surface area contributed by atoms with Crippen molar-refractivity contribution in [3.05, 3.63) is 34.9 Å². The molecule has 0 aliphatic heterocycles. The summed E-state index contributed by atoms with van der Waals surface area (Å²) in [6.07, 6.45) is 5.29. The van der Waals surface area contributed by atoms with Crippen molar-refractivity contribution in [1.29, 1.82) is 0 Å². The number of carbonyl (C=O) groups excluding carboxylic acids is 2. The van der Waals surface area contributed by atoms with Gasteiger partial charge in [-0.1, -0.05) is 12.1 Å². The summed E-state index contributed by atoms with van der Waals surface area (Å²) in [6, 6.07) is 6.03. The Morgan fingerprint density at radius 2 is 1.84 bits per heavy atom. The second-order valence-electron chi connectivity index (χ2n) is 5.53. The van der Waals surface area contributed by atoms with Crippen LogP contribution in [0.3, 0.4) is 0 Å². The first kappa shape index (κ1) is 12.4. The molecule has 0 N–H and O–H groups in total. The highest BCUT2D eigenvalue weighted by molar-refractivity contribution is 6.03. The van der Waals surface area contributed by atoms with Gasteiger partial charge in [0.2, 0.25) is 0 Å². The van der Waals surface area contributed by atoms with E-state index in [0.29, 0.717) is 6.42 Å². The number of fused-ring (bicyclic) bond motifs is 1. The van der Waals surface area contributed by atoms with Crippen LogP contribution in [0.5, 0.6) is 0 Å². The summed E-state index contributed by atoms with van der Waals surface area (Å²) in [5, 5.41) is 0. The third kappa shape index (κ3) is 2.29. The minimum Gasteiger partial charge on any atom is -0.469 e. The van der Waals surface area contributed by atoms with Crippen LogP contribution in [0.15, 0.2) is 18.2 Å². The van der Waals surface area contributed by atoms with E-state index in [1.807, 2.05) is 12.1 Å². The molecule has 1 aromatic rings. The van der Waals surface area contributed by atoms with E-state index in [0.717, 1.165) is 18.4 Å². The monoisotopic (exact) mass is 258 g/mol. The van der Waals surface area contributed by atoms with Crippen LogP contribution >= 0.6 is 0 Å². The fourth-order valence-electron chi connectivity index (χ4n) is 3.00. The van der Waals surface area contributed by atoms with Gasteiger partial charge in [0.15, 0.2) is 5.78 Å². The second kappa shape index (κ2) is 4.80. The van der Waals surface area contributed by atoms with Crippen LogP contribution in [0.4, 0.5) is 0 Å². The summed E-state index contributed by atoms with van der Waals surface area (Å²) in [5.74, 6) is -0.525. The van der Waals surface area contributed by atoms with Crippen molar-refractivity contribution in [1.82, 2.24) is 0 Å². The quantitative estimate of drug-likeness (QED) is 0.618. The van der Waals surface area contributed by atoms with Gasteiger partial charge in [0.25, 0.3) is 0 Å². The van der Waals surface area contributed by atoms with Gasteiger partial charge in [0, 0.05) is 11.5 Å². The van der Waals surface area contributed by atoms with Crippen molar-refractivity contribution in [2.45, 2.75) is 32.1 Å². The average Bonchev–Trinajstić information content (AvgIpc) is 3.25. The standard InChI is InChI=1S/C16H18O3/c1-19-16(18)14-9-13(14)15(17)12-7-6-10-4-2-3-5-11(10)8-12/h6-8,13-14H,2-5,9H2,1H3/t13-,14+/m1/s1. The number of ether oxygens (including phenoxy) is 1. The summed E-state index contributed by atoms with van der Waals surface area (Å²) in [4.78, 5) is 23.7. The Balaban J connectivity index is 1.76. The summed E-state index contributed by atoms with van der Waals surface area (Å²) in [6.45, 7) is 0. The number of benzene rings is 1. The van der Waals surface area contributed by atoms with E-state index in [2.05, 4.69) is 10.8 Å². The van der Waals surface area contributed by atoms with E-state index in [9.17, 15) is 9.59 Å². The van der Waals surface area contributed by atoms with Gasteiger partial charge in [-0.2, -0.15) is 0 Å². The van der Waals surface area contributed by atoms with Gasteiger partial charge in [0.1, 0.15) is 0 Å². The van der Waals surface area contributed by atoms with Crippen molar-refractivity contribution >= 4 is 11.8 Å². The van der Waals surface area contributed by atoms with Crippen LogP contribution in [0.25, 0.3) is 0 Å². The number of ketones is 1. The fourth-order valence-corrected chi connectivity index (χ4v) is 3.00. The Morgan fingerprint density at radius 1 is 1.11 bits per heavy atom. The molecule has 0 saturated heterocycles. The number of aryl methyl sites for hydroxylation is 2. The summed E-state index contributed by atoms with van der Waals surface area (Å²) >= 11 is 0. The third-order valence-electron chi connectivity index (χ3n) is 4.26. The van der Waals surface area contributed by atoms with Crippen LogP contribution in [0, 0.1) is 11.8 Å². The van der Waals surface area contributed by atoms with Crippen molar-refractivity contribution in [3.63, 3.8) is 0 Å². The zero-order valence-corrected chi connectivity index (χ0v) is 11.1. The Labute approximate surface area is 113 Å². The van der Waals surface area contributed by atoms with Crippen LogP contribution < -0.4 is 0 Å². The zero-order chi connectivity index (χ0) is 13.4. The first-order chi connectivity index (χ1) is 9.20. The number of rotatable bonds is 3. The molecule has 2 aliphatic carbocycles. The number of Topliss-reactive ketones (excluding diaryl/α,β-unsaturated/α-hetero) is 1. The van der Waals surface area contributed by atoms with Crippen molar-refractivity contribution in [3.8, 4) is 0 Å². The van der Waals surface area contributed by atoms with E-state index in [4.69, 9.17) is 0 Å². The molecule has 0 bridgehead atoms. The van der Waals surface area contributed by atoms with Crippen molar-refractivity contribution < 1.29 is 14.3 Å². The Kier molecular flexibility index (Phi) is 3.13. The van der Waals surface area contributed by atoms with Gasteiger partial charge in [-0.3, -0.25) is 9.59 Å². The summed E-state index contributed by atoms with van der Waals surface area (Å²) < 4.78 is 4.69. The van der Waals surface area contributed by atoms with Gasteiger partial charge in [0.05, 0.1) is 13.0 Å². The molecule has 3 rings (SSSR count). The van der Waals surface area contributed by atoms with Crippen LogP contribution in [-0.2, 0) is 22.4 Å². The van der Waals surface area contributed by atoms with Crippen LogP contribution in [0.1, 0.15) is 40.7 Å². The highest BCUT2D eigenvalue weighted by Crippen LogP contribution is 2.42. The topological polar surface area (TPSA) is 43.4 Å². The SMILES string of the molecule is COC(=O)[C@H]1C[C@H]1C(=O)c1ccc2c(c1)CCCC2. The Bertz CT molecular complexity index is 533. The molecule has 2 atom stereocenters. The molecule has 1 fully saturated rings. The molecular weight excluding hydrogens is 240 g/mol. The van der Waals surface area contributed by atoms with Gasteiger partial charge in [-0.05, 0) is 49.3 Å². The van der Waals surface area contributed by atoms with Gasteiger partial charge < -0.3 is 4.74 Å². The van der Waals surface area contributed by atoms with E-state index in [1.54, 1.807) is 0 Å². The molecule has 0 unspecified atom stereocenters. The molecule has 19 heavy (non-hydrogen) atoms. The van der Waals surface area contributed by atoms with Crippen molar-refractivity contribution in [2.24, 2.45) is 11.8 Å². The Hall–Kier alpha value is -1.64. The highest BCUT2D eigenvalue weighted by atomic mass is 16.5. The molecule has 0 spiro atoms. The van der Waals surface area contributed by atoms with Gasteiger partial charge in [-0.25, -0.2) is 0 Å². The van der Waals surface area contributed by atoms with Crippen molar-refractivity contribution in [2.75, 3.05) is 7.11 Å². The smallest absolute Gasteiger partial charge is 0.309 e. The van der Waals surface area contributed by atoms with E-state index < -0.39 is 0 Å². The average molecular weight is 258 g/mol. The minimum atomic E-state index is -0.253. The molecule has 3 heteroatoms. The molecular formula is C16H18O3. The Morgan fingerprint density at radius 3 is 2.58 bits per heavy atom. The molecule has 3 nitrogen and oxygen atoms in total. The molecule has 0 aromatic heterocycles. The number of esters is 1. The number of carbonyl (C=O) groups is 2. The number of hydrogen-bond acceptors (Lipinski definition) is 3. The molecule has 1 saturated carbocycles. The van der Waals surface area contributed by atoms with E-state index in [-0.39, 0.29) is 23.6 Å². The molecule has 0 radical (unpaired) electrons. The summed E-state index contributed by atoms with van der Waals surface area (Å²) in [5.41, 5.74) is 3.45. The fraction of sp³-hybridized carbons (Fsp3) is 0.500. The molecule has 100 valence electrons. The first-order valence-electron chi connectivity index (χ1n) is 6.94. The van der Waals surface area contributed by atoms with Gasteiger partial charge >= 0.3 is 5.97 Å². The highest BCUT2D eigenvalue weighted by Gasteiger charge is 2.48. The number of methoxy groups -OCH3 is 1. The zero-order valence-electron chi connectivity index (χ0n) is 11.1. The lowest BCUT2D eigenvalue weighted by Crippen LogP contribution is -2.11. The van der Waals surface area contributed by atoms with E-state index >= 15 is 0 Å². The number of hydrogen-bond donors (Lipinski definition) is 0. The lowest BCUT2D eigenvalue weighted by molar-refractivity contribution is -0.142. The molecule has 0 heterocycles. The third-order valence-corrected chi connectivity index (χ3v) is 4.26. The molecule has 1 aromatic carbocycles. The lowest BCUT2D eigenvalue weighted by atomic mass is 9.89. The van der Waals surface area contributed by atoms with Crippen LogP contribution in [-0.4, -0.2) is 18.9 Å². The predicted molar refractivity (Wildman–Crippen MR) is 71.0 cm³/mol. The van der Waals surface area contributed by atoms with E-state index in [1.165, 1.54) is 31.1 Å². The normalized spacial score (nSPS) is 24.5. The summed E-state index contributed by atoms with van der Waals surface area (Å²) in [7, 11) is 1.38. The predicted octanol–water partition coefficient (Wildman–Crippen LogP) is 2.56. The van der Waals surface area contributed by atoms with Gasteiger partial charge in [-0.15, -0.1) is 0 Å². The lowest BCUT2D eigenvalue weighted by Gasteiger charge is -2.16. The molecule has 0 amide bonds. The minimum absolute atomic E-state index is 0.101. The maximum atomic E-state index is 12.3. The van der Waals surface area contributed by atoms with Crippen LogP contribution in [0.2, 0.25) is 0 Å². The largest absolute Gasteiger partial charge is 0.469 e. The molecule has 2 aliphatic rings. The second-order valence-corrected chi connectivity index (χ2v) is 5.53.